The van der Waals surface area contributed by atoms with Crippen molar-refractivity contribution in [2.24, 2.45) is 11.8 Å². The Labute approximate surface area is 111 Å². The summed E-state index contributed by atoms with van der Waals surface area (Å²) in [5, 5.41) is 3.33. The Hall–Kier alpha value is -0.570. The van der Waals surface area contributed by atoms with Gasteiger partial charge in [0, 0.05) is 12.6 Å². The molecule has 2 aliphatic rings. The third-order valence-corrected chi connectivity index (χ3v) is 4.05. The minimum Gasteiger partial charge on any atom is -0.338 e. The van der Waals surface area contributed by atoms with E-state index in [4.69, 9.17) is 0 Å². The molecule has 0 aromatic carbocycles. The first kappa shape index (κ1) is 13.9. The van der Waals surface area contributed by atoms with E-state index in [9.17, 15) is 4.79 Å². The normalized spacial score (nSPS) is 20.6. The van der Waals surface area contributed by atoms with Gasteiger partial charge in [-0.25, -0.2) is 0 Å². The SMILES string of the molecule is CC(C)CN(C(=O)CNCC1CC1)C1CCCC1. The van der Waals surface area contributed by atoms with E-state index in [1.807, 2.05) is 0 Å². The number of nitrogens with one attached hydrogen (secondary N) is 1. The Balaban J connectivity index is 1.78. The highest BCUT2D eigenvalue weighted by Crippen LogP contribution is 2.27. The molecule has 104 valence electrons. The van der Waals surface area contributed by atoms with Crippen LogP contribution in [0.3, 0.4) is 0 Å². The van der Waals surface area contributed by atoms with Crippen LogP contribution < -0.4 is 5.32 Å². The van der Waals surface area contributed by atoms with E-state index in [0.29, 0.717) is 24.4 Å². The van der Waals surface area contributed by atoms with Crippen molar-refractivity contribution in [1.82, 2.24) is 10.2 Å². The van der Waals surface area contributed by atoms with Gasteiger partial charge in [0.2, 0.25) is 5.91 Å². The van der Waals surface area contributed by atoms with Gasteiger partial charge in [-0.3, -0.25) is 4.79 Å². The van der Waals surface area contributed by atoms with Crippen molar-refractivity contribution in [2.75, 3.05) is 19.6 Å². The fourth-order valence-corrected chi connectivity index (χ4v) is 2.87. The molecule has 0 aromatic heterocycles. The molecule has 0 heterocycles. The number of carbonyl (C=O) groups is 1. The molecule has 18 heavy (non-hydrogen) atoms. The van der Waals surface area contributed by atoms with E-state index in [1.54, 1.807) is 0 Å². The fourth-order valence-electron chi connectivity index (χ4n) is 2.87. The number of nitrogens with zero attached hydrogens (tertiary/aromatic N) is 1. The van der Waals surface area contributed by atoms with E-state index in [1.165, 1.54) is 38.5 Å². The van der Waals surface area contributed by atoms with E-state index in [2.05, 4.69) is 24.1 Å². The van der Waals surface area contributed by atoms with Crippen LogP contribution in [0.15, 0.2) is 0 Å². The fraction of sp³-hybridized carbons (Fsp3) is 0.933. The molecule has 0 saturated heterocycles. The number of rotatable bonds is 7. The van der Waals surface area contributed by atoms with Crippen LogP contribution in [-0.2, 0) is 4.79 Å². The zero-order valence-electron chi connectivity index (χ0n) is 12.0. The largest absolute Gasteiger partial charge is 0.338 e. The maximum Gasteiger partial charge on any atom is 0.236 e. The summed E-state index contributed by atoms with van der Waals surface area (Å²) in [5.74, 6) is 1.73. The Bertz CT molecular complexity index is 268. The van der Waals surface area contributed by atoms with Gasteiger partial charge in [-0.2, -0.15) is 0 Å². The molecule has 0 radical (unpaired) electrons. The Morgan fingerprint density at radius 1 is 1.22 bits per heavy atom. The first-order valence-electron chi connectivity index (χ1n) is 7.67. The van der Waals surface area contributed by atoms with Gasteiger partial charge >= 0.3 is 0 Å². The van der Waals surface area contributed by atoms with Crippen LogP contribution >= 0.6 is 0 Å². The molecule has 2 rings (SSSR count). The lowest BCUT2D eigenvalue weighted by molar-refractivity contribution is -0.133. The molecule has 1 amide bonds. The molecule has 2 saturated carbocycles. The van der Waals surface area contributed by atoms with Crippen molar-refractivity contribution in [1.29, 1.82) is 0 Å². The summed E-state index contributed by atoms with van der Waals surface area (Å²) < 4.78 is 0. The molecular formula is C15H28N2O. The van der Waals surface area contributed by atoms with E-state index in [-0.39, 0.29) is 0 Å². The van der Waals surface area contributed by atoms with Crippen molar-refractivity contribution in [3.8, 4) is 0 Å². The van der Waals surface area contributed by atoms with E-state index >= 15 is 0 Å². The van der Waals surface area contributed by atoms with Crippen LogP contribution in [0.25, 0.3) is 0 Å². The molecule has 0 bridgehead atoms. The van der Waals surface area contributed by atoms with Crippen molar-refractivity contribution in [2.45, 2.75) is 58.4 Å². The average molecular weight is 252 g/mol. The molecule has 1 N–H and O–H groups in total. The van der Waals surface area contributed by atoms with Crippen LogP contribution in [0.2, 0.25) is 0 Å². The lowest BCUT2D eigenvalue weighted by Crippen LogP contribution is -2.45. The van der Waals surface area contributed by atoms with Gasteiger partial charge in [-0.05, 0) is 44.1 Å². The number of hydrogen-bond acceptors (Lipinski definition) is 2. The average Bonchev–Trinajstić information content (AvgIpc) is 2.98. The van der Waals surface area contributed by atoms with Crippen LogP contribution in [0.4, 0.5) is 0 Å². The Morgan fingerprint density at radius 2 is 1.89 bits per heavy atom. The van der Waals surface area contributed by atoms with Crippen molar-refractivity contribution in [3.05, 3.63) is 0 Å². The molecule has 2 aliphatic carbocycles. The topological polar surface area (TPSA) is 32.3 Å². The van der Waals surface area contributed by atoms with Gasteiger partial charge in [0.25, 0.3) is 0 Å². The first-order chi connectivity index (χ1) is 8.66. The zero-order valence-corrected chi connectivity index (χ0v) is 12.0. The maximum atomic E-state index is 12.3. The number of hydrogen-bond donors (Lipinski definition) is 1. The van der Waals surface area contributed by atoms with Gasteiger partial charge in [0.05, 0.1) is 6.54 Å². The van der Waals surface area contributed by atoms with Gasteiger partial charge in [0.1, 0.15) is 0 Å². The molecule has 0 aromatic rings. The smallest absolute Gasteiger partial charge is 0.236 e. The van der Waals surface area contributed by atoms with Crippen molar-refractivity contribution in [3.63, 3.8) is 0 Å². The van der Waals surface area contributed by atoms with Gasteiger partial charge in [-0.15, -0.1) is 0 Å². The van der Waals surface area contributed by atoms with Crippen molar-refractivity contribution < 1.29 is 4.79 Å². The quantitative estimate of drug-likeness (QED) is 0.754. The molecular weight excluding hydrogens is 224 g/mol. The molecule has 2 fully saturated rings. The predicted molar refractivity (Wildman–Crippen MR) is 74.4 cm³/mol. The summed E-state index contributed by atoms with van der Waals surface area (Å²) in [6.45, 7) is 6.90. The van der Waals surface area contributed by atoms with Gasteiger partial charge in [-0.1, -0.05) is 26.7 Å². The zero-order chi connectivity index (χ0) is 13.0. The number of amides is 1. The lowest BCUT2D eigenvalue weighted by Gasteiger charge is -2.30. The van der Waals surface area contributed by atoms with Crippen LogP contribution in [0.1, 0.15) is 52.4 Å². The van der Waals surface area contributed by atoms with Gasteiger partial charge < -0.3 is 10.2 Å². The van der Waals surface area contributed by atoms with Crippen LogP contribution in [0.5, 0.6) is 0 Å². The summed E-state index contributed by atoms with van der Waals surface area (Å²) in [6.07, 6.45) is 7.70. The predicted octanol–water partition coefficient (Wildman–Crippen LogP) is 2.41. The lowest BCUT2D eigenvalue weighted by atomic mass is 10.1. The molecule has 0 aliphatic heterocycles. The standard InChI is InChI=1S/C15H28N2O/c1-12(2)11-17(14-5-3-4-6-14)15(18)10-16-9-13-7-8-13/h12-14,16H,3-11H2,1-2H3. The second-order valence-electron chi connectivity index (χ2n) is 6.45. The molecule has 0 atom stereocenters. The van der Waals surface area contributed by atoms with Gasteiger partial charge in [0.15, 0.2) is 0 Å². The maximum absolute atomic E-state index is 12.3. The second kappa shape index (κ2) is 6.55. The van der Waals surface area contributed by atoms with Crippen molar-refractivity contribution >= 4 is 5.91 Å². The monoisotopic (exact) mass is 252 g/mol. The third kappa shape index (κ3) is 4.27. The highest BCUT2D eigenvalue weighted by molar-refractivity contribution is 5.78. The molecule has 0 unspecified atom stereocenters. The Kier molecular flexibility index (Phi) is 5.04. The summed E-state index contributed by atoms with van der Waals surface area (Å²) in [7, 11) is 0. The minimum absolute atomic E-state index is 0.316. The van der Waals surface area contributed by atoms with E-state index < -0.39 is 0 Å². The molecule has 3 nitrogen and oxygen atoms in total. The molecule has 0 spiro atoms. The summed E-state index contributed by atoms with van der Waals surface area (Å²) in [5.41, 5.74) is 0. The van der Waals surface area contributed by atoms with E-state index in [0.717, 1.165) is 19.0 Å². The molecule has 3 heteroatoms. The number of carbonyl (C=O) groups excluding carboxylic acids is 1. The van der Waals surface area contributed by atoms with Crippen LogP contribution in [0, 0.1) is 11.8 Å². The second-order valence-corrected chi connectivity index (χ2v) is 6.45. The summed E-state index contributed by atoms with van der Waals surface area (Å²) in [6, 6.07) is 0.516. The van der Waals surface area contributed by atoms with Crippen LogP contribution in [-0.4, -0.2) is 36.5 Å². The summed E-state index contributed by atoms with van der Waals surface area (Å²) >= 11 is 0. The third-order valence-electron chi connectivity index (χ3n) is 4.05. The summed E-state index contributed by atoms with van der Waals surface area (Å²) in [4.78, 5) is 14.5. The highest BCUT2D eigenvalue weighted by atomic mass is 16.2. The Morgan fingerprint density at radius 3 is 2.44 bits per heavy atom. The first-order valence-corrected chi connectivity index (χ1v) is 7.67. The highest BCUT2D eigenvalue weighted by Gasteiger charge is 2.27. The minimum atomic E-state index is 0.316.